The van der Waals surface area contributed by atoms with Crippen molar-refractivity contribution >= 4 is 40.5 Å². The molecule has 234 valence electrons. The highest BCUT2D eigenvalue weighted by Gasteiger charge is 2.40. The number of alkyl carbamates (subject to hydrolysis) is 1. The number of carbonyl (C=O) groups is 3. The van der Waals surface area contributed by atoms with Gasteiger partial charge in [-0.2, -0.15) is 0 Å². The van der Waals surface area contributed by atoms with E-state index in [0.29, 0.717) is 29.0 Å². The molecular formula is C35H38N4O5S. The maximum Gasteiger partial charge on any atom is 0.407 e. The summed E-state index contributed by atoms with van der Waals surface area (Å²) >= 11 is 1.35. The molecule has 2 N–H and O–H groups in total. The number of hydrogen-bond donors (Lipinski definition) is 2. The smallest absolute Gasteiger partial charge is 0.407 e. The summed E-state index contributed by atoms with van der Waals surface area (Å²) in [7, 11) is 0. The van der Waals surface area contributed by atoms with Crippen molar-refractivity contribution in [3.05, 3.63) is 126 Å². The lowest BCUT2D eigenvalue weighted by atomic mass is 9.99. The summed E-state index contributed by atoms with van der Waals surface area (Å²) < 4.78 is 10.5. The van der Waals surface area contributed by atoms with Gasteiger partial charge in [-0.25, -0.2) is 9.79 Å². The van der Waals surface area contributed by atoms with Gasteiger partial charge in [0.1, 0.15) is 24.2 Å². The third-order valence-corrected chi connectivity index (χ3v) is 8.40. The fourth-order valence-corrected chi connectivity index (χ4v) is 5.71. The van der Waals surface area contributed by atoms with Gasteiger partial charge in [0.05, 0.1) is 18.5 Å². The van der Waals surface area contributed by atoms with Crippen molar-refractivity contribution in [2.24, 2.45) is 4.99 Å². The minimum absolute atomic E-state index is 0.109. The summed E-state index contributed by atoms with van der Waals surface area (Å²) in [4.78, 5) is 44.6. The molecule has 1 saturated heterocycles. The molecule has 1 aliphatic carbocycles. The molecule has 10 heteroatoms. The van der Waals surface area contributed by atoms with Crippen LogP contribution in [0.25, 0.3) is 0 Å². The maximum atomic E-state index is 13.7. The van der Waals surface area contributed by atoms with Crippen LogP contribution in [-0.2, 0) is 25.7 Å². The Morgan fingerprint density at radius 3 is 2.60 bits per heavy atom. The number of nitrogens with one attached hydrogen (secondary N) is 2. The number of amidine groups is 1. The first-order valence-electron chi connectivity index (χ1n) is 14.7. The Morgan fingerprint density at radius 2 is 1.89 bits per heavy atom. The number of rotatable bonds is 13. The molecule has 0 bridgehead atoms. The Hall–Kier alpha value is -4.83. The van der Waals surface area contributed by atoms with Crippen LogP contribution in [-0.4, -0.2) is 46.3 Å². The van der Waals surface area contributed by atoms with Crippen LogP contribution in [0.4, 0.5) is 10.5 Å². The van der Waals surface area contributed by atoms with Crippen LogP contribution in [0, 0.1) is 0 Å². The minimum Gasteiger partial charge on any atom is -0.469 e. The fourth-order valence-electron chi connectivity index (χ4n) is 4.52. The number of allylic oxidation sites excluding steroid dienone is 4. The first-order chi connectivity index (χ1) is 21.8. The molecule has 0 saturated carbocycles. The van der Waals surface area contributed by atoms with Gasteiger partial charge in [-0.05, 0) is 53.7 Å². The molecule has 1 heterocycles. The van der Waals surface area contributed by atoms with E-state index in [1.807, 2.05) is 60.7 Å². The van der Waals surface area contributed by atoms with Gasteiger partial charge in [0.25, 0.3) is 0 Å². The number of carbonyl (C=O) groups excluding carboxylic acids is 3. The normalized spacial score (nSPS) is 17.6. The predicted octanol–water partition coefficient (Wildman–Crippen LogP) is 6.62. The highest BCUT2D eigenvalue weighted by atomic mass is 32.2. The average molecular weight is 627 g/mol. The summed E-state index contributed by atoms with van der Waals surface area (Å²) in [5, 5.41) is 5.24. The summed E-state index contributed by atoms with van der Waals surface area (Å²) in [6.45, 7) is 11.8. The molecule has 2 aromatic carbocycles. The zero-order valence-electron chi connectivity index (χ0n) is 25.5. The second kappa shape index (κ2) is 16.3. The molecule has 2 atom stereocenters. The number of ether oxygens (including phenoxy) is 2. The van der Waals surface area contributed by atoms with Crippen LogP contribution in [0.15, 0.2) is 120 Å². The molecule has 2 unspecified atom stereocenters. The lowest BCUT2D eigenvalue weighted by molar-refractivity contribution is -0.125. The fraction of sp³-hybridized carbons (Fsp3) is 0.257. The first kappa shape index (κ1) is 33.1. The van der Waals surface area contributed by atoms with Crippen LogP contribution in [0.3, 0.4) is 0 Å². The van der Waals surface area contributed by atoms with Crippen LogP contribution in [0.5, 0.6) is 0 Å². The number of hydrogen-bond acceptors (Lipinski definition) is 7. The number of nitrogens with zero attached hydrogens (tertiary/aromatic N) is 2. The van der Waals surface area contributed by atoms with E-state index in [1.54, 1.807) is 11.0 Å². The van der Waals surface area contributed by atoms with Crippen molar-refractivity contribution < 1.29 is 23.9 Å². The third kappa shape index (κ3) is 9.58. The highest BCUT2D eigenvalue weighted by molar-refractivity contribution is 8.15. The quantitative estimate of drug-likeness (QED) is 0.242. The predicted molar refractivity (Wildman–Crippen MR) is 178 cm³/mol. The van der Waals surface area contributed by atoms with E-state index in [0.717, 1.165) is 23.2 Å². The molecule has 9 nitrogen and oxygen atoms in total. The van der Waals surface area contributed by atoms with Crippen LogP contribution < -0.4 is 10.6 Å². The summed E-state index contributed by atoms with van der Waals surface area (Å²) in [5.41, 5.74) is 4.17. The lowest BCUT2D eigenvalue weighted by Crippen LogP contribution is -2.36. The van der Waals surface area contributed by atoms with Gasteiger partial charge in [-0.1, -0.05) is 99.5 Å². The third-order valence-electron chi connectivity index (χ3n) is 7.17. The molecule has 0 aromatic heterocycles. The maximum absolute atomic E-state index is 13.7. The van der Waals surface area contributed by atoms with Gasteiger partial charge in [-0.3, -0.25) is 14.5 Å². The molecule has 4 rings (SSSR count). The Morgan fingerprint density at radius 1 is 1.13 bits per heavy atom. The molecule has 0 spiro atoms. The molecule has 3 amide bonds. The standard InChI is InChI=1S/C35H38N4O5S/c1-5-24(3)27-15-18-30(19-16-27)38-34-39(22-25(4)43-6-2)33(41)32(45-34)28-13-10-14-29(20-17-28)37-31(40)21-36-35(42)44-23-26-11-8-7-9-12-26/h6-9,11-20,24,32H,2,4-5,10,21-23H2,1,3H3,(H,36,42)(H,37,40). The molecular weight excluding hydrogens is 588 g/mol. The van der Waals surface area contributed by atoms with Gasteiger partial charge in [-0.15, -0.1) is 0 Å². The van der Waals surface area contributed by atoms with Crippen LogP contribution >= 0.6 is 11.8 Å². The summed E-state index contributed by atoms with van der Waals surface area (Å²) in [6, 6.07) is 17.3. The van der Waals surface area contributed by atoms with E-state index in [2.05, 4.69) is 49.8 Å². The van der Waals surface area contributed by atoms with Gasteiger partial charge < -0.3 is 20.1 Å². The second-order valence-electron chi connectivity index (χ2n) is 10.4. The van der Waals surface area contributed by atoms with Gasteiger partial charge in [0, 0.05) is 5.70 Å². The van der Waals surface area contributed by atoms with Crippen LogP contribution in [0.1, 0.15) is 43.7 Å². The van der Waals surface area contributed by atoms with E-state index in [9.17, 15) is 14.4 Å². The number of thioether (sulfide) groups is 1. The van der Waals surface area contributed by atoms with Crippen molar-refractivity contribution in [3.63, 3.8) is 0 Å². The van der Waals surface area contributed by atoms with E-state index in [4.69, 9.17) is 14.5 Å². The van der Waals surface area contributed by atoms with Gasteiger partial charge in [0.15, 0.2) is 5.17 Å². The first-order valence-corrected chi connectivity index (χ1v) is 15.6. The number of amides is 3. The zero-order chi connectivity index (χ0) is 32.2. The summed E-state index contributed by atoms with van der Waals surface area (Å²) in [6.07, 6.45) is 9.46. The largest absolute Gasteiger partial charge is 0.469 e. The Labute approximate surface area is 268 Å². The zero-order valence-corrected chi connectivity index (χ0v) is 26.3. The molecule has 2 aliphatic rings. The highest BCUT2D eigenvalue weighted by Crippen LogP contribution is 2.36. The molecule has 1 aliphatic heterocycles. The second-order valence-corrected chi connectivity index (χ2v) is 11.5. The minimum atomic E-state index is -0.685. The number of aliphatic imine (C=N–C) groups is 1. The Bertz CT molecular complexity index is 1530. The molecule has 45 heavy (non-hydrogen) atoms. The topological polar surface area (TPSA) is 109 Å². The van der Waals surface area contributed by atoms with E-state index < -0.39 is 17.3 Å². The van der Waals surface area contributed by atoms with Crippen molar-refractivity contribution in [1.82, 2.24) is 15.5 Å². The van der Waals surface area contributed by atoms with Crippen LogP contribution in [0.2, 0.25) is 0 Å². The SMILES string of the molecule is C=COC(=C)CN1C(=O)C(C2=CCC=C(NC(=O)CNC(=O)OCc3ccccc3)C=C2)SC1=Nc1ccc(C(C)CC)cc1. The van der Waals surface area contributed by atoms with Crippen molar-refractivity contribution in [3.8, 4) is 0 Å². The van der Waals surface area contributed by atoms with E-state index in [-0.39, 0.29) is 25.6 Å². The molecule has 0 radical (unpaired) electrons. The summed E-state index contributed by atoms with van der Waals surface area (Å²) in [5.74, 6) is 0.266. The average Bonchev–Trinajstić information content (AvgIpc) is 3.18. The van der Waals surface area contributed by atoms with E-state index >= 15 is 0 Å². The van der Waals surface area contributed by atoms with Gasteiger partial charge >= 0.3 is 6.09 Å². The van der Waals surface area contributed by atoms with Crippen molar-refractivity contribution in [2.45, 2.75) is 44.5 Å². The molecule has 2 aromatic rings. The number of benzene rings is 2. The van der Waals surface area contributed by atoms with Gasteiger partial charge in [0.2, 0.25) is 11.8 Å². The monoisotopic (exact) mass is 626 g/mol. The van der Waals surface area contributed by atoms with Crippen molar-refractivity contribution in [1.29, 1.82) is 0 Å². The van der Waals surface area contributed by atoms with E-state index in [1.165, 1.54) is 23.6 Å². The lowest BCUT2D eigenvalue weighted by Gasteiger charge is -2.17. The molecule has 1 fully saturated rings. The Kier molecular flexibility index (Phi) is 12.0. The Balaban J connectivity index is 1.38. The van der Waals surface area contributed by atoms with Crippen molar-refractivity contribution in [2.75, 3.05) is 13.1 Å².